The van der Waals surface area contributed by atoms with Crippen molar-refractivity contribution in [3.63, 3.8) is 0 Å². The van der Waals surface area contributed by atoms with Crippen molar-refractivity contribution in [1.29, 1.82) is 0 Å². The molecule has 23 heavy (non-hydrogen) atoms. The van der Waals surface area contributed by atoms with Gasteiger partial charge in [-0.15, -0.1) is 0 Å². The van der Waals surface area contributed by atoms with E-state index in [0.717, 1.165) is 26.3 Å². The summed E-state index contributed by atoms with van der Waals surface area (Å²) in [5, 5.41) is 2.65. The minimum absolute atomic E-state index is 0.284. The first-order valence-corrected chi connectivity index (χ1v) is 8.28. The largest absolute Gasteiger partial charge is 0.379 e. The number of hydrogen-bond acceptors (Lipinski definition) is 2. The van der Waals surface area contributed by atoms with E-state index >= 15 is 0 Å². The Balaban J connectivity index is 1.86. The summed E-state index contributed by atoms with van der Waals surface area (Å²) in [5.41, 5.74) is 2.74. The van der Waals surface area contributed by atoms with E-state index in [1.54, 1.807) is 0 Å². The van der Waals surface area contributed by atoms with Crippen LogP contribution in [-0.2, 0) is 4.74 Å². The van der Waals surface area contributed by atoms with Gasteiger partial charge in [-0.05, 0) is 21.9 Å². The summed E-state index contributed by atoms with van der Waals surface area (Å²) in [6.07, 6.45) is 0. The average Bonchev–Trinajstić information content (AvgIpc) is 2.64. The second-order valence-electron chi connectivity index (χ2n) is 6.03. The van der Waals surface area contributed by atoms with Gasteiger partial charge >= 0.3 is 0 Å². The van der Waals surface area contributed by atoms with Gasteiger partial charge in [0.25, 0.3) is 0 Å². The van der Waals surface area contributed by atoms with Gasteiger partial charge in [0, 0.05) is 13.1 Å². The van der Waals surface area contributed by atoms with Crippen LogP contribution in [0.2, 0.25) is 0 Å². The first-order valence-electron chi connectivity index (χ1n) is 8.28. The lowest BCUT2D eigenvalue weighted by Crippen LogP contribution is -2.39. The Labute approximate surface area is 137 Å². The molecule has 1 atom stereocenters. The summed E-state index contributed by atoms with van der Waals surface area (Å²) >= 11 is 0. The van der Waals surface area contributed by atoms with Gasteiger partial charge in [0.15, 0.2) is 0 Å². The topological polar surface area (TPSA) is 12.5 Å². The van der Waals surface area contributed by atoms with Crippen LogP contribution in [0.4, 0.5) is 0 Å². The first-order chi connectivity index (χ1) is 11.4. The van der Waals surface area contributed by atoms with E-state index in [9.17, 15) is 0 Å². The lowest BCUT2D eigenvalue weighted by atomic mass is 9.92. The van der Waals surface area contributed by atoms with Crippen LogP contribution in [0.15, 0.2) is 72.8 Å². The normalized spacial score (nSPS) is 17.2. The summed E-state index contributed by atoms with van der Waals surface area (Å²) in [6, 6.07) is 26.4. The third-order valence-electron chi connectivity index (χ3n) is 4.64. The summed E-state index contributed by atoms with van der Waals surface area (Å²) in [4.78, 5) is 2.54. The lowest BCUT2D eigenvalue weighted by Gasteiger charge is -2.35. The van der Waals surface area contributed by atoms with Gasteiger partial charge in [0.2, 0.25) is 0 Å². The number of fused-ring (bicyclic) bond motifs is 1. The highest BCUT2D eigenvalue weighted by Crippen LogP contribution is 2.33. The van der Waals surface area contributed by atoms with E-state index in [-0.39, 0.29) is 6.04 Å². The van der Waals surface area contributed by atoms with E-state index in [4.69, 9.17) is 4.74 Å². The van der Waals surface area contributed by atoms with Crippen molar-refractivity contribution in [2.45, 2.75) is 6.04 Å². The lowest BCUT2D eigenvalue weighted by molar-refractivity contribution is 0.0242. The molecule has 3 aromatic carbocycles. The van der Waals surface area contributed by atoms with Gasteiger partial charge in [-0.1, -0.05) is 72.8 Å². The maximum absolute atomic E-state index is 5.57. The molecule has 0 aliphatic carbocycles. The quantitative estimate of drug-likeness (QED) is 0.717. The molecule has 0 N–H and O–H groups in total. The molecule has 0 unspecified atom stereocenters. The molecular formula is C21H21NO. The standard InChI is InChI=1S/C21H21NO/c1-2-8-18(9-3-1)21(22-13-15-23-16-14-22)20-12-6-10-17-7-4-5-11-19(17)20/h1-12,21H,13-16H2/t21-/m1/s1. The minimum Gasteiger partial charge on any atom is -0.379 e. The molecule has 0 radical (unpaired) electrons. The van der Waals surface area contributed by atoms with Gasteiger partial charge in [0.1, 0.15) is 0 Å². The maximum Gasteiger partial charge on any atom is 0.0609 e. The fourth-order valence-corrected chi connectivity index (χ4v) is 3.55. The molecule has 1 aliphatic rings. The van der Waals surface area contributed by atoms with Gasteiger partial charge in [-0.25, -0.2) is 0 Å². The van der Waals surface area contributed by atoms with Gasteiger partial charge in [-0.2, -0.15) is 0 Å². The maximum atomic E-state index is 5.57. The minimum atomic E-state index is 0.284. The van der Waals surface area contributed by atoms with Gasteiger partial charge < -0.3 is 4.74 Å². The van der Waals surface area contributed by atoms with Crippen LogP contribution in [-0.4, -0.2) is 31.2 Å². The van der Waals surface area contributed by atoms with Crippen LogP contribution >= 0.6 is 0 Å². The Morgan fingerprint density at radius 1 is 0.739 bits per heavy atom. The first kappa shape index (κ1) is 14.4. The summed E-state index contributed by atoms with van der Waals surface area (Å²) in [6.45, 7) is 3.58. The Hall–Kier alpha value is -2.16. The van der Waals surface area contributed by atoms with Gasteiger partial charge in [0.05, 0.1) is 19.3 Å². The van der Waals surface area contributed by atoms with Crippen LogP contribution in [0.3, 0.4) is 0 Å². The van der Waals surface area contributed by atoms with E-state index in [2.05, 4.69) is 77.7 Å². The number of nitrogens with zero attached hydrogens (tertiary/aromatic N) is 1. The Kier molecular flexibility index (Phi) is 4.10. The zero-order valence-corrected chi connectivity index (χ0v) is 13.2. The third kappa shape index (κ3) is 2.88. The van der Waals surface area contributed by atoms with E-state index in [1.807, 2.05) is 0 Å². The highest BCUT2D eigenvalue weighted by Gasteiger charge is 2.25. The number of benzene rings is 3. The molecule has 1 heterocycles. The molecular weight excluding hydrogens is 282 g/mol. The Bertz CT molecular complexity index is 773. The average molecular weight is 303 g/mol. The van der Waals surface area contributed by atoms with Crippen LogP contribution in [0.25, 0.3) is 10.8 Å². The van der Waals surface area contributed by atoms with E-state index in [0.29, 0.717) is 0 Å². The SMILES string of the molecule is c1ccc([C@H](c2cccc3ccccc23)N2CCOCC2)cc1. The highest BCUT2D eigenvalue weighted by atomic mass is 16.5. The molecule has 4 rings (SSSR count). The molecule has 0 aromatic heterocycles. The van der Waals surface area contributed by atoms with E-state index in [1.165, 1.54) is 21.9 Å². The predicted octanol–water partition coefficient (Wildman–Crippen LogP) is 4.26. The zero-order chi connectivity index (χ0) is 15.5. The predicted molar refractivity (Wildman–Crippen MR) is 94.6 cm³/mol. The van der Waals surface area contributed by atoms with Crippen LogP contribution in [0, 0.1) is 0 Å². The zero-order valence-electron chi connectivity index (χ0n) is 13.2. The van der Waals surface area contributed by atoms with Crippen LogP contribution < -0.4 is 0 Å². The molecule has 1 aliphatic heterocycles. The number of morpholine rings is 1. The fourth-order valence-electron chi connectivity index (χ4n) is 3.55. The molecule has 3 aromatic rings. The molecule has 1 saturated heterocycles. The molecule has 0 spiro atoms. The molecule has 0 saturated carbocycles. The monoisotopic (exact) mass is 303 g/mol. The third-order valence-corrected chi connectivity index (χ3v) is 4.64. The number of ether oxygens (including phenoxy) is 1. The second kappa shape index (κ2) is 6.53. The molecule has 0 bridgehead atoms. The van der Waals surface area contributed by atoms with Crippen molar-refractivity contribution in [3.05, 3.63) is 83.9 Å². The van der Waals surface area contributed by atoms with Crippen molar-refractivity contribution in [1.82, 2.24) is 4.90 Å². The Morgan fingerprint density at radius 3 is 2.26 bits per heavy atom. The second-order valence-corrected chi connectivity index (χ2v) is 6.03. The highest BCUT2D eigenvalue weighted by molar-refractivity contribution is 5.86. The molecule has 116 valence electrons. The summed E-state index contributed by atoms with van der Waals surface area (Å²) in [7, 11) is 0. The molecule has 0 amide bonds. The van der Waals surface area contributed by atoms with Crippen molar-refractivity contribution < 1.29 is 4.74 Å². The van der Waals surface area contributed by atoms with Crippen LogP contribution in [0.5, 0.6) is 0 Å². The molecule has 1 fully saturated rings. The Morgan fingerprint density at radius 2 is 1.43 bits per heavy atom. The van der Waals surface area contributed by atoms with Crippen molar-refractivity contribution in [2.24, 2.45) is 0 Å². The van der Waals surface area contributed by atoms with Crippen molar-refractivity contribution in [3.8, 4) is 0 Å². The fraction of sp³-hybridized carbons (Fsp3) is 0.238. The number of hydrogen-bond donors (Lipinski definition) is 0. The van der Waals surface area contributed by atoms with Crippen molar-refractivity contribution >= 4 is 10.8 Å². The van der Waals surface area contributed by atoms with Gasteiger partial charge in [-0.3, -0.25) is 4.90 Å². The molecule has 2 heteroatoms. The molecule has 2 nitrogen and oxygen atoms in total. The summed E-state index contributed by atoms with van der Waals surface area (Å²) in [5.74, 6) is 0. The van der Waals surface area contributed by atoms with Crippen molar-refractivity contribution in [2.75, 3.05) is 26.3 Å². The smallest absolute Gasteiger partial charge is 0.0609 e. The number of rotatable bonds is 3. The summed E-state index contributed by atoms with van der Waals surface area (Å²) < 4.78 is 5.57. The van der Waals surface area contributed by atoms with Crippen LogP contribution in [0.1, 0.15) is 17.2 Å². The van der Waals surface area contributed by atoms with E-state index < -0.39 is 0 Å².